The number of nitrogens with zero attached hydrogens (tertiary/aromatic N) is 4. The number of hydrogen-bond donors (Lipinski definition) is 0. The molecule has 0 N–H and O–H groups in total. The van der Waals surface area contributed by atoms with Gasteiger partial charge in [-0.25, -0.2) is 18.7 Å². The molecule has 0 radical (unpaired) electrons. The minimum atomic E-state index is -4.51. The van der Waals surface area contributed by atoms with Crippen molar-refractivity contribution in [3.8, 4) is 5.88 Å². The van der Waals surface area contributed by atoms with E-state index in [4.69, 9.17) is 4.74 Å². The highest BCUT2D eigenvalue weighted by molar-refractivity contribution is 5.95. The number of amides is 1. The summed E-state index contributed by atoms with van der Waals surface area (Å²) in [5, 5.41) is 0. The second kappa shape index (κ2) is 8.75. The Kier molecular flexibility index (Phi) is 6.15. The predicted octanol–water partition coefficient (Wildman–Crippen LogP) is 4.64. The Morgan fingerprint density at radius 2 is 1.79 bits per heavy atom. The van der Waals surface area contributed by atoms with E-state index >= 15 is 0 Å². The number of alkyl halides is 3. The SMILES string of the molecule is C[C@@H](Oc1cc(N2CCC3(CCCC(=O)N3c3ccc(F)c(F)c3)CC2)ncn1)C(F)(F)F. The summed E-state index contributed by atoms with van der Waals surface area (Å²) < 4.78 is 70.6. The van der Waals surface area contributed by atoms with Crippen molar-refractivity contribution in [3.05, 3.63) is 42.2 Å². The normalized spacial score (nSPS) is 19.6. The van der Waals surface area contributed by atoms with Gasteiger partial charge in [0.05, 0.1) is 5.54 Å². The van der Waals surface area contributed by atoms with E-state index in [-0.39, 0.29) is 11.8 Å². The molecule has 2 aromatic rings. The summed E-state index contributed by atoms with van der Waals surface area (Å²) in [6.07, 6.45) is -2.56. The second-order valence-corrected chi connectivity index (χ2v) is 8.41. The third-order valence-electron chi connectivity index (χ3n) is 6.32. The summed E-state index contributed by atoms with van der Waals surface area (Å²) in [7, 11) is 0. The maximum atomic E-state index is 13.9. The lowest BCUT2D eigenvalue weighted by atomic mass is 9.78. The van der Waals surface area contributed by atoms with Crippen molar-refractivity contribution in [1.29, 1.82) is 0 Å². The predicted molar refractivity (Wildman–Crippen MR) is 110 cm³/mol. The average Bonchev–Trinajstić information content (AvgIpc) is 2.76. The third-order valence-corrected chi connectivity index (χ3v) is 6.32. The molecule has 1 aromatic carbocycles. The maximum Gasteiger partial charge on any atom is 0.425 e. The molecule has 1 atom stereocenters. The van der Waals surface area contributed by atoms with Gasteiger partial charge in [0.25, 0.3) is 0 Å². The first-order valence-electron chi connectivity index (χ1n) is 10.7. The van der Waals surface area contributed by atoms with Gasteiger partial charge in [0, 0.05) is 37.3 Å². The molecule has 11 heteroatoms. The Balaban J connectivity index is 1.51. The Morgan fingerprint density at radius 3 is 2.45 bits per heavy atom. The summed E-state index contributed by atoms with van der Waals surface area (Å²) in [5.74, 6) is -1.89. The van der Waals surface area contributed by atoms with E-state index in [1.54, 1.807) is 4.90 Å². The van der Waals surface area contributed by atoms with Crippen molar-refractivity contribution in [3.63, 3.8) is 0 Å². The van der Waals surface area contributed by atoms with Gasteiger partial charge in [0.2, 0.25) is 11.8 Å². The van der Waals surface area contributed by atoms with Gasteiger partial charge in [-0.05, 0) is 44.7 Å². The largest absolute Gasteiger partial charge is 0.465 e. The molecule has 0 aliphatic carbocycles. The fraction of sp³-hybridized carbons (Fsp3) is 0.500. The first-order chi connectivity index (χ1) is 15.6. The van der Waals surface area contributed by atoms with Gasteiger partial charge in [-0.15, -0.1) is 0 Å². The van der Waals surface area contributed by atoms with Crippen molar-refractivity contribution in [2.24, 2.45) is 0 Å². The summed E-state index contributed by atoms with van der Waals surface area (Å²) >= 11 is 0. The van der Waals surface area contributed by atoms with Crippen LogP contribution in [0.3, 0.4) is 0 Å². The maximum absolute atomic E-state index is 13.9. The Hall–Kier alpha value is -2.98. The van der Waals surface area contributed by atoms with Crippen molar-refractivity contribution < 1.29 is 31.5 Å². The van der Waals surface area contributed by atoms with Crippen LogP contribution in [0.1, 0.15) is 39.0 Å². The fourth-order valence-electron chi connectivity index (χ4n) is 4.54. The number of anilines is 2. The van der Waals surface area contributed by atoms with E-state index in [2.05, 4.69) is 9.97 Å². The molecule has 178 valence electrons. The van der Waals surface area contributed by atoms with Crippen LogP contribution in [0.15, 0.2) is 30.6 Å². The molecule has 0 bridgehead atoms. The van der Waals surface area contributed by atoms with Crippen LogP contribution in [-0.2, 0) is 4.79 Å². The lowest BCUT2D eigenvalue weighted by Crippen LogP contribution is -2.60. The smallest absolute Gasteiger partial charge is 0.425 e. The monoisotopic (exact) mass is 470 g/mol. The highest BCUT2D eigenvalue weighted by Crippen LogP contribution is 2.42. The Morgan fingerprint density at radius 1 is 1.06 bits per heavy atom. The Bertz CT molecular complexity index is 1020. The number of carbonyl (C=O) groups is 1. The molecule has 2 aliphatic heterocycles. The van der Waals surface area contributed by atoms with E-state index in [1.165, 1.54) is 12.1 Å². The zero-order valence-electron chi connectivity index (χ0n) is 17.9. The van der Waals surface area contributed by atoms with E-state index in [9.17, 15) is 26.7 Å². The van der Waals surface area contributed by atoms with Crippen LogP contribution in [0.5, 0.6) is 5.88 Å². The van der Waals surface area contributed by atoms with Crippen LogP contribution < -0.4 is 14.5 Å². The standard InChI is InChI=1S/C22H23F5N4O2/c1-14(22(25,26)27)33-19-12-18(28-13-29-19)30-9-7-21(8-10-30)6-2-3-20(32)31(21)15-4-5-16(23)17(24)11-15/h4-5,11-14H,2-3,6-10H2,1H3/t14-/m1/s1. The number of hydrogen-bond acceptors (Lipinski definition) is 5. The zero-order valence-corrected chi connectivity index (χ0v) is 17.9. The van der Waals surface area contributed by atoms with Gasteiger partial charge < -0.3 is 14.5 Å². The number of carbonyl (C=O) groups excluding carboxylic acids is 1. The first-order valence-corrected chi connectivity index (χ1v) is 10.7. The van der Waals surface area contributed by atoms with E-state index in [0.29, 0.717) is 56.7 Å². The van der Waals surface area contributed by atoms with Crippen LogP contribution in [0.2, 0.25) is 0 Å². The topological polar surface area (TPSA) is 58.6 Å². The van der Waals surface area contributed by atoms with Gasteiger partial charge in [-0.3, -0.25) is 4.79 Å². The van der Waals surface area contributed by atoms with Crippen molar-refractivity contribution >= 4 is 17.4 Å². The summed E-state index contributed by atoms with van der Waals surface area (Å²) in [6, 6.07) is 4.83. The minimum Gasteiger partial charge on any atom is -0.465 e. The first kappa shape index (κ1) is 23.2. The lowest BCUT2D eigenvalue weighted by Gasteiger charge is -2.51. The summed E-state index contributed by atoms with van der Waals surface area (Å²) in [5.41, 5.74) is -0.223. The molecule has 0 unspecified atom stereocenters. The van der Waals surface area contributed by atoms with Crippen LogP contribution in [0.4, 0.5) is 33.5 Å². The van der Waals surface area contributed by atoms with Gasteiger partial charge in [0.15, 0.2) is 17.7 Å². The van der Waals surface area contributed by atoms with Gasteiger partial charge in [-0.2, -0.15) is 13.2 Å². The van der Waals surface area contributed by atoms with Crippen molar-refractivity contribution in [1.82, 2.24) is 9.97 Å². The van der Waals surface area contributed by atoms with Crippen LogP contribution in [-0.4, -0.2) is 46.8 Å². The molecule has 1 aromatic heterocycles. The fourth-order valence-corrected chi connectivity index (χ4v) is 4.54. The van der Waals surface area contributed by atoms with Crippen molar-refractivity contribution in [2.75, 3.05) is 22.9 Å². The van der Waals surface area contributed by atoms with Crippen LogP contribution >= 0.6 is 0 Å². The van der Waals surface area contributed by atoms with Gasteiger partial charge in [0.1, 0.15) is 12.1 Å². The summed E-state index contributed by atoms with van der Waals surface area (Å²) in [4.78, 5) is 24.2. The second-order valence-electron chi connectivity index (χ2n) is 8.41. The number of rotatable bonds is 4. The zero-order chi connectivity index (χ0) is 23.8. The molecule has 2 saturated heterocycles. The number of halogens is 5. The molecule has 33 heavy (non-hydrogen) atoms. The van der Waals surface area contributed by atoms with E-state index in [1.807, 2.05) is 4.90 Å². The number of benzene rings is 1. The molecule has 1 amide bonds. The molecule has 1 spiro atoms. The average molecular weight is 470 g/mol. The third kappa shape index (κ3) is 4.72. The molecular formula is C22H23F5N4O2. The van der Waals surface area contributed by atoms with E-state index in [0.717, 1.165) is 25.4 Å². The van der Waals surface area contributed by atoms with Crippen molar-refractivity contribution in [2.45, 2.75) is 56.8 Å². The molecule has 0 saturated carbocycles. The quantitative estimate of drug-likeness (QED) is 0.610. The molecule has 3 heterocycles. The Labute approximate surface area is 187 Å². The van der Waals surface area contributed by atoms with E-state index < -0.39 is 29.5 Å². The highest BCUT2D eigenvalue weighted by atomic mass is 19.4. The molecule has 2 aliphatic rings. The molecule has 2 fully saturated rings. The van der Waals surface area contributed by atoms with Gasteiger partial charge >= 0.3 is 6.18 Å². The van der Waals surface area contributed by atoms with Crippen LogP contribution in [0, 0.1) is 11.6 Å². The van der Waals surface area contributed by atoms with Gasteiger partial charge in [-0.1, -0.05) is 0 Å². The molecular weight excluding hydrogens is 447 g/mol. The number of piperidine rings is 2. The van der Waals surface area contributed by atoms with Crippen LogP contribution in [0.25, 0.3) is 0 Å². The molecule has 4 rings (SSSR count). The lowest BCUT2D eigenvalue weighted by molar-refractivity contribution is -0.190. The summed E-state index contributed by atoms with van der Waals surface area (Å²) in [6.45, 7) is 1.84. The minimum absolute atomic E-state index is 0.139. The number of ether oxygens (including phenoxy) is 1. The number of aromatic nitrogens is 2. The molecule has 6 nitrogen and oxygen atoms in total. The highest BCUT2D eigenvalue weighted by Gasteiger charge is 2.45.